The van der Waals surface area contributed by atoms with Gasteiger partial charge in [-0.1, -0.05) is 11.6 Å². The number of ketones is 1. The first-order valence-corrected chi connectivity index (χ1v) is 5.47. The molecule has 1 heterocycles. The Morgan fingerprint density at radius 3 is 3.00 bits per heavy atom. The van der Waals surface area contributed by atoms with Crippen molar-refractivity contribution in [2.45, 2.75) is 19.3 Å². The number of rotatable bonds is 0. The topological polar surface area (TPSA) is 32.9 Å². The molecule has 0 atom stereocenters. The van der Waals surface area contributed by atoms with E-state index in [4.69, 9.17) is 11.6 Å². The quantitative estimate of drug-likeness (QED) is 0.724. The molecular weight excluding hydrogens is 210 g/mol. The Morgan fingerprint density at radius 2 is 2.13 bits per heavy atom. The summed E-state index contributed by atoms with van der Waals surface area (Å²) in [5.74, 6) is 0.241. The first-order valence-electron chi connectivity index (χ1n) is 5.09. The zero-order valence-electron chi connectivity index (χ0n) is 8.14. The Labute approximate surface area is 92.2 Å². The molecule has 0 saturated carbocycles. The van der Waals surface area contributed by atoms with Crippen LogP contribution in [0.25, 0.3) is 10.9 Å². The maximum atomic E-state index is 11.8. The lowest BCUT2D eigenvalue weighted by Gasteiger charge is -2.09. The summed E-state index contributed by atoms with van der Waals surface area (Å²) in [7, 11) is 0. The van der Waals surface area contributed by atoms with Crippen molar-refractivity contribution in [1.29, 1.82) is 0 Å². The van der Waals surface area contributed by atoms with E-state index in [0.29, 0.717) is 11.4 Å². The normalized spacial score (nSPS) is 15.7. The molecule has 0 spiro atoms. The van der Waals surface area contributed by atoms with E-state index in [1.165, 1.54) is 0 Å². The average Bonchev–Trinajstić information content (AvgIpc) is 2.57. The van der Waals surface area contributed by atoms with Crippen molar-refractivity contribution in [2.75, 3.05) is 0 Å². The maximum absolute atomic E-state index is 11.8. The summed E-state index contributed by atoms with van der Waals surface area (Å²) in [5.41, 5.74) is 2.95. The minimum Gasteiger partial charge on any atom is -0.358 e. The summed E-state index contributed by atoms with van der Waals surface area (Å²) in [5, 5.41) is 1.66. The summed E-state index contributed by atoms with van der Waals surface area (Å²) in [6.07, 6.45) is 2.58. The summed E-state index contributed by atoms with van der Waals surface area (Å²) in [4.78, 5) is 15.1. The number of aromatic nitrogens is 1. The molecule has 1 aromatic carbocycles. The third-order valence-electron chi connectivity index (χ3n) is 2.95. The first-order chi connectivity index (χ1) is 7.25. The van der Waals surface area contributed by atoms with Gasteiger partial charge in [-0.25, -0.2) is 0 Å². The van der Waals surface area contributed by atoms with E-state index in [1.54, 1.807) is 0 Å². The Bertz CT molecular complexity index is 556. The van der Waals surface area contributed by atoms with Gasteiger partial charge < -0.3 is 4.98 Å². The third kappa shape index (κ3) is 1.29. The van der Waals surface area contributed by atoms with E-state index in [-0.39, 0.29) is 5.78 Å². The van der Waals surface area contributed by atoms with E-state index >= 15 is 0 Å². The lowest BCUT2D eigenvalue weighted by atomic mass is 9.94. The fraction of sp³-hybridized carbons (Fsp3) is 0.250. The number of aromatic amines is 1. The van der Waals surface area contributed by atoms with E-state index < -0.39 is 0 Å². The fourth-order valence-electron chi connectivity index (χ4n) is 2.28. The molecule has 0 amide bonds. The molecule has 0 aliphatic heterocycles. The second kappa shape index (κ2) is 3.11. The zero-order valence-corrected chi connectivity index (χ0v) is 8.90. The molecule has 3 rings (SSSR count). The van der Waals surface area contributed by atoms with Gasteiger partial charge >= 0.3 is 0 Å². The van der Waals surface area contributed by atoms with Gasteiger partial charge in [0.05, 0.1) is 0 Å². The van der Waals surface area contributed by atoms with Crippen LogP contribution in [0.3, 0.4) is 0 Å². The number of halogens is 1. The molecular formula is C12H10ClNO. The van der Waals surface area contributed by atoms with Gasteiger partial charge in [-0.3, -0.25) is 4.79 Å². The van der Waals surface area contributed by atoms with Crippen LogP contribution in [0.5, 0.6) is 0 Å². The van der Waals surface area contributed by atoms with Crippen molar-refractivity contribution < 1.29 is 4.79 Å². The number of carbonyl (C=O) groups excluding carboxylic acids is 1. The van der Waals surface area contributed by atoms with Gasteiger partial charge in [0.15, 0.2) is 5.78 Å². The number of Topliss-reactive ketones (excluding diaryl/α,β-unsaturated/α-hetero) is 1. The Morgan fingerprint density at radius 1 is 1.27 bits per heavy atom. The van der Waals surface area contributed by atoms with Crippen LogP contribution in [0, 0.1) is 0 Å². The number of aryl methyl sites for hydroxylation is 1. The van der Waals surface area contributed by atoms with Crippen molar-refractivity contribution in [1.82, 2.24) is 4.98 Å². The van der Waals surface area contributed by atoms with Gasteiger partial charge in [0.1, 0.15) is 0 Å². The molecule has 0 bridgehead atoms. The standard InChI is InChI=1S/C12H10ClNO/c13-7-4-5-9-8(6-7)12-10(14-9)2-1-3-11(12)15/h4-6,14H,1-3H2. The number of H-pyrrole nitrogens is 1. The molecule has 1 N–H and O–H groups in total. The Kier molecular flexibility index (Phi) is 1.86. The minimum absolute atomic E-state index is 0.241. The van der Waals surface area contributed by atoms with E-state index in [2.05, 4.69) is 4.98 Å². The van der Waals surface area contributed by atoms with Gasteiger partial charge in [-0.2, -0.15) is 0 Å². The van der Waals surface area contributed by atoms with Crippen LogP contribution in [0.2, 0.25) is 5.02 Å². The molecule has 0 unspecified atom stereocenters. The van der Waals surface area contributed by atoms with Crippen LogP contribution in [0.1, 0.15) is 28.9 Å². The highest BCUT2D eigenvalue weighted by Gasteiger charge is 2.21. The highest BCUT2D eigenvalue weighted by atomic mass is 35.5. The first kappa shape index (κ1) is 8.98. The lowest BCUT2D eigenvalue weighted by molar-refractivity contribution is 0.0974. The molecule has 1 aliphatic carbocycles. The Balaban J connectivity index is 2.38. The number of fused-ring (bicyclic) bond motifs is 3. The summed E-state index contributed by atoms with van der Waals surface area (Å²) >= 11 is 5.94. The summed E-state index contributed by atoms with van der Waals surface area (Å²) in [6, 6.07) is 5.65. The summed E-state index contributed by atoms with van der Waals surface area (Å²) in [6.45, 7) is 0. The molecule has 3 heteroatoms. The number of hydrogen-bond donors (Lipinski definition) is 1. The van der Waals surface area contributed by atoms with Crippen molar-refractivity contribution in [3.05, 3.63) is 34.5 Å². The highest BCUT2D eigenvalue weighted by Crippen LogP contribution is 2.30. The fourth-order valence-corrected chi connectivity index (χ4v) is 2.45. The SMILES string of the molecule is O=C1CCCc2[nH]c3ccc(Cl)cc3c21. The van der Waals surface area contributed by atoms with Crippen molar-refractivity contribution in [3.63, 3.8) is 0 Å². The van der Waals surface area contributed by atoms with Crippen molar-refractivity contribution in [3.8, 4) is 0 Å². The second-order valence-corrected chi connectivity index (χ2v) is 4.38. The molecule has 0 saturated heterocycles. The molecule has 15 heavy (non-hydrogen) atoms. The maximum Gasteiger partial charge on any atom is 0.165 e. The van der Waals surface area contributed by atoms with Crippen LogP contribution >= 0.6 is 11.6 Å². The average molecular weight is 220 g/mol. The largest absolute Gasteiger partial charge is 0.358 e. The van der Waals surface area contributed by atoms with Crippen LogP contribution in [-0.2, 0) is 6.42 Å². The molecule has 0 radical (unpaired) electrons. The molecule has 0 fully saturated rings. The zero-order chi connectivity index (χ0) is 10.4. The Hall–Kier alpha value is -1.28. The molecule has 76 valence electrons. The minimum atomic E-state index is 0.241. The number of benzene rings is 1. The van der Waals surface area contributed by atoms with Gasteiger partial charge in [0.25, 0.3) is 0 Å². The smallest absolute Gasteiger partial charge is 0.165 e. The molecule has 1 aliphatic rings. The van der Waals surface area contributed by atoms with E-state index in [9.17, 15) is 4.79 Å². The van der Waals surface area contributed by atoms with E-state index in [0.717, 1.165) is 35.0 Å². The van der Waals surface area contributed by atoms with Crippen LogP contribution in [0.4, 0.5) is 0 Å². The van der Waals surface area contributed by atoms with Crippen LogP contribution < -0.4 is 0 Å². The third-order valence-corrected chi connectivity index (χ3v) is 3.18. The van der Waals surface area contributed by atoms with Gasteiger partial charge in [0.2, 0.25) is 0 Å². The number of carbonyl (C=O) groups is 1. The summed E-state index contributed by atoms with van der Waals surface area (Å²) < 4.78 is 0. The van der Waals surface area contributed by atoms with Crippen molar-refractivity contribution in [2.24, 2.45) is 0 Å². The monoisotopic (exact) mass is 219 g/mol. The van der Waals surface area contributed by atoms with Crippen molar-refractivity contribution >= 4 is 28.3 Å². The highest BCUT2D eigenvalue weighted by molar-refractivity contribution is 6.31. The molecule has 1 aromatic heterocycles. The van der Waals surface area contributed by atoms with Crippen LogP contribution in [-0.4, -0.2) is 10.8 Å². The van der Waals surface area contributed by atoms with Crippen LogP contribution in [0.15, 0.2) is 18.2 Å². The number of hydrogen-bond acceptors (Lipinski definition) is 1. The molecule has 2 nitrogen and oxygen atoms in total. The predicted molar refractivity (Wildman–Crippen MR) is 60.6 cm³/mol. The molecule has 2 aromatic rings. The number of nitrogens with one attached hydrogen (secondary N) is 1. The lowest BCUT2D eigenvalue weighted by Crippen LogP contribution is -2.08. The van der Waals surface area contributed by atoms with Gasteiger partial charge in [0, 0.05) is 33.6 Å². The van der Waals surface area contributed by atoms with Gasteiger partial charge in [-0.05, 0) is 31.0 Å². The van der Waals surface area contributed by atoms with E-state index in [1.807, 2.05) is 18.2 Å². The predicted octanol–water partition coefficient (Wildman–Crippen LogP) is 3.34. The van der Waals surface area contributed by atoms with Gasteiger partial charge in [-0.15, -0.1) is 0 Å². The second-order valence-electron chi connectivity index (χ2n) is 3.95.